The van der Waals surface area contributed by atoms with Crippen molar-refractivity contribution in [2.45, 2.75) is 55.3 Å². The van der Waals surface area contributed by atoms with E-state index in [2.05, 4.69) is 42.4 Å². The molecule has 0 aromatic carbocycles. The summed E-state index contributed by atoms with van der Waals surface area (Å²) >= 11 is 3.21. The van der Waals surface area contributed by atoms with E-state index in [9.17, 15) is 5.26 Å². The van der Waals surface area contributed by atoms with Crippen LogP contribution in [0.15, 0.2) is 9.85 Å². The maximum atomic E-state index is 9.26. The molecule has 1 aromatic heterocycles. The lowest BCUT2D eigenvalue weighted by molar-refractivity contribution is 0.382. The molecular formula is C11H18N4S2. The molecule has 0 aliphatic carbocycles. The van der Waals surface area contributed by atoms with Crippen molar-refractivity contribution in [3.63, 3.8) is 0 Å². The van der Waals surface area contributed by atoms with Gasteiger partial charge in [-0.15, -0.1) is 10.2 Å². The van der Waals surface area contributed by atoms with E-state index >= 15 is 0 Å². The second-order valence-electron chi connectivity index (χ2n) is 4.58. The number of nitriles is 1. The van der Waals surface area contributed by atoms with E-state index in [0.717, 1.165) is 10.8 Å². The van der Waals surface area contributed by atoms with Gasteiger partial charge in [-0.25, -0.2) is 0 Å². The van der Waals surface area contributed by atoms with E-state index < -0.39 is 5.54 Å². The molecule has 1 heterocycles. The Morgan fingerprint density at radius 2 is 2.29 bits per heavy atom. The Hall–Kier alpha value is -0.640. The van der Waals surface area contributed by atoms with Gasteiger partial charge < -0.3 is 0 Å². The van der Waals surface area contributed by atoms with Crippen LogP contribution in [0.4, 0.5) is 0 Å². The van der Waals surface area contributed by atoms with Crippen LogP contribution in [0.25, 0.3) is 0 Å². The first-order chi connectivity index (χ1) is 7.95. The SMILES string of the molecule is CC(C)NC(C)(C#N)CC(C)Sc1nncs1. The van der Waals surface area contributed by atoms with Crippen LogP contribution < -0.4 is 5.32 Å². The first-order valence-corrected chi connectivity index (χ1v) is 7.33. The highest BCUT2D eigenvalue weighted by atomic mass is 32.2. The zero-order chi connectivity index (χ0) is 12.9. The summed E-state index contributed by atoms with van der Waals surface area (Å²) in [6, 6.07) is 2.67. The topological polar surface area (TPSA) is 61.6 Å². The molecule has 2 unspecified atom stereocenters. The first kappa shape index (κ1) is 14.4. The van der Waals surface area contributed by atoms with E-state index in [4.69, 9.17) is 0 Å². The lowest BCUT2D eigenvalue weighted by atomic mass is 9.97. The van der Waals surface area contributed by atoms with Crippen LogP contribution in [0.2, 0.25) is 0 Å². The number of thioether (sulfide) groups is 1. The Morgan fingerprint density at radius 1 is 1.59 bits per heavy atom. The van der Waals surface area contributed by atoms with Gasteiger partial charge in [-0.2, -0.15) is 5.26 Å². The normalized spacial score (nSPS) is 16.5. The third-order valence-electron chi connectivity index (χ3n) is 2.19. The third-order valence-corrected chi connectivity index (χ3v) is 4.10. The quantitative estimate of drug-likeness (QED) is 0.805. The van der Waals surface area contributed by atoms with Crippen molar-refractivity contribution in [3.8, 4) is 6.07 Å². The van der Waals surface area contributed by atoms with E-state index in [1.807, 2.05) is 6.92 Å². The van der Waals surface area contributed by atoms with Crippen molar-refractivity contribution in [2.75, 3.05) is 0 Å². The summed E-state index contributed by atoms with van der Waals surface area (Å²) in [5.41, 5.74) is 1.25. The number of hydrogen-bond donors (Lipinski definition) is 1. The van der Waals surface area contributed by atoms with Gasteiger partial charge in [-0.3, -0.25) is 5.32 Å². The number of rotatable bonds is 6. The predicted molar refractivity (Wildman–Crippen MR) is 72.1 cm³/mol. The van der Waals surface area contributed by atoms with Gasteiger partial charge in [0.1, 0.15) is 11.0 Å². The average molecular weight is 270 g/mol. The van der Waals surface area contributed by atoms with Crippen LogP contribution in [-0.4, -0.2) is 27.0 Å². The maximum absolute atomic E-state index is 9.26. The van der Waals surface area contributed by atoms with E-state index in [0.29, 0.717) is 11.3 Å². The molecule has 2 atom stereocenters. The molecule has 4 nitrogen and oxygen atoms in total. The molecule has 1 N–H and O–H groups in total. The van der Waals surface area contributed by atoms with Crippen molar-refractivity contribution < 1.29 is 0 Å². The minimum atomic E-state index is -0.481. The Bertz CT molecular complexity index is 371. The van der Waals surface area contributed by atoms with E-state index in [-0.39, 0.29) is 0 Å². The van der Waals surface area contributed by atoms with Gasteiger partial charge in [0.15, 0.2) is 4.34 Å². The number of nitrogens with one attached hydrogen (secondary N) is 1. The minimum Gasteiger partial charge on any atom is -0.297 e. The second-order valence-corrected chi connectivity index (χ2v) is 7.10. The average Bonchev–Trinajstić information content (AvgIpc) is 2.68. The van der Waals surface area contributed by atoms with Crippen molar-refractivity contribution >= 4 is 23.1 Å². The summed E-state index contributed by atoms with van der Waals surface area (Å²) in [6.07, 6.45) is 0.784. The molecule has 0 bridgehead atoms. The van der Waals surface area contributed by atoms with Crippen LogP contribution in [0.3, 0.4) is 0 Å². The van der Waals surface area contributed by atoms with E-state index in [1.165, 1.54) is 11.3 Å². The first-order valence-electron chi connectivity index (χ1n) is 5.57. The summed E-state index contributed by atoms with van der Waals surface area (Å²) in [4.78, 5) is 0. The predicted octanol–water partition coefficient (Wildman–Crippen LogP) is 2.69. The van der Waals surface area contributed by atoms with Crippen molar-refractivity contribution in [2.24, 2.45) is 0 Å². The Morgan fingerprint density at radius 3 is 2.76 bits per heavy atom. The fraction of sp³-hybridized carbons (Fsp3) is 0.727. The molecule has 0 saturated heterocycles. The molecule has 17 heavy (non-hydrogen) atoms. The summed E-state index contributed by atoms with van der Waals surface area (Å²) in [5.74, 6) is 0. The molecule has 1 aromatic rings. The van der Waals surface area contributed by atoms with Gasteiger partial charge in [0.2, 0.25) is 0 Å². The molecule has 0 saturated carbocycles. The second kappa shape index (κ2) is 6.34. The fourth-order valence-electron chi connectivity index (χ4n) is 1.78. The summed E-state index contributed by atoms with van der Waals surface area (Å²) in [5, 5.41) is 20.7. The molecule has 0 fully saturated rings. The largest absolute Gasteiger partial charge is 0.297 e. The number of nitrogens with zero attached hydrogens (tertiary/aromatic N) is 3. The monoisotopic (exact) mass is 270 g/mol. The molecular weight excluding hydrogens is 252 g/mol. The Kier molecular flexibility index (Phi) is 5.37. The van der Waals surface area contributed by atoms with Gasteiger partial charge in [0, 0.05) is 11.3 Å². The van der Waals surface area contributed by atoms with Crippen molar-refractivity contribution in [1.29, 1.82) is 5.26 Å². The summed E-state index contributed by atoms with van der Waals surface area (Å²) in [6.45, 7) is 8.17. The number of hydrogen-bond acceptors (Lipinski definition) is 6. The van der Waals surface area contributed by atoms with Gasteiger partial charge >= 0.3 is 0 Å². The maximum Gasteiger partial charge on any atom is 0.174 e. The standard InChI is InChI=1S/C11H18N4S2/c1-8(2)14-11(4,6-12)5-9(3)17-10-15-13-7-16-10/h7-9,14H,5H2,1-4H3. The lowest BCUT2D eigenvalue weighted by Crippen LogP contribution is -2.46. The zero-order valence-electron chi connectivity index (χ0n) is 10.6. The van der Waals surface area contributed by atoms with Gasteiger partial charge in [-0.05, 0) is 27.2 Å². The summed E-state index contributed by atoms with van der Waals surface area (Å²) in [7, 11) is 0. The number of aromatic nitrogens is 2. The third kappa shape index (κ3) is 5.02. The molecule has 0 aliphatic heterocycles. The molecule has 0 amide bonds. The molecule has 94 valence electrons. The zero-order valence-corrected chi connectivity index (χ0v) is 12.2. The lowest BCUT2D eigenvalue weighted by Gasteiger charge is -2.28. The molecule has 1 rings (SSSR count). The highest BCUT2D eigenvalue weighted by Gasteiger charge is 2.27. The van der Waals surface area contributed by atoms with Gasteiger partial charge in [-0.1, -0.05) is 30.0 Å². The van der Waals surface area contributed by atoms with Crippen LogP contribution in [-0.2, 0) is 0 Å². The minimum absolute atomic E-state index is 0.304. The molecule has 0 radical (unpaired) electrons. The summed E-state index contributed by atoms with van der Waals surface area (Å²) < 4.78 is 0.960. The van der Waals surface area contributed by atoms with Gasteiger partial charge in [0.05, 0.1) is 6.07 Å². The van der Waals surface area contributed by atoms with Crippen LogP contribution in [0, 0.1) is 11.3 Å². The highest BCUT2D eigenvalue weighted by Crippen LogP contribution is 2.29. The smallest absolute Gasteiger partial charge is 0.174 e. The van der Waals surface area contributed by atoms with Crippen molar-refractivity contribution in [3.05, 3.63) is 5.51 Å². The van der Waals surface area contributed by atoms with Gasteiger partial charge in [0.25, 0.3) is 0 Å². The Labute approximate surface area is 111 Å². The fourth-order valence-corrected chi connectivity index (χ4v) is 3.75. The van der Waals surface area contributed by atoms with Crippen LogP contribution >= 0.6 is 23.1 Å². The Balaban J connectivity index is 2.53. The molecule has 6 heteroatoms. The highest BCUT2D eigenvalue weighted by molar-refractivity contribution is 8.01. The van der Waals surface area contributed by atoms with E-state index in [1.54, 1.807) is 17.3 Å². The van der Waals surface area contributed by atoms with Crippen LogP contribution in [0.5, 0.6) is 0 Å². The van der Waals surface area contributed by atoms with Crippen molar-refractivity contribution in [1.82, 2.24) is 15.5 Å². The molecule has 0 aliphatic rings. The van der Waals surface area contributed by atoms with Crippen LogP contribution in [0.1, 0.15) is 34.1 Å². The molecule has 0 spiro atoms.